The highest BCUT2D eigenvalue weighted by molar-refractivity contribution is 5.85. The van der Waals surface area contributed by atoms with E-state index in [1.54, 1.807) is 0 Å². The Kier molecular flexibility index (Phi) is 10.8. The third kappa shape index (κ3) is 7.69. The first-order valence-corrected chi connectivity index (χ1v) is 3.02. The van der Waals surface area contributed by atoms with Gasteiger partial charge in [0.1, 0.15) is 0 Å². The van der Waals surface area contributed by atoms with E-state index in [0.717, 1.165) is 12.8 Å². The van der Waals surface area contributed by atoms with Crippen molar-refractivity contribution in [3.63, 3.8) is 0 Å². The smallest absolute Gasteiger partial charge is 0.308 e. The molecule has 0 heterocycles. The van der Waals surface area contributed by atoms with Crippen LogP contribution < -0.4 is 0 Å². The minimum atomic E-state index is -0.997. The maximum atomic E-state index is 11.2. The summed E-state index contributed by atoms with van der Waals surface area (Å²) in [4.78, 5) is 10.3. The van der Waals surface area contributed by atoms with Crippen LogP contribution in [0, 0.1) is 0 Å². The van der Waals surface area contributed by atoms with Gasteiger partial charge >= 0.3 is 5.97 Å². The fourth-order valence-electron chi connectivity index (χ4n) is 0.454. The van der Waals surface area contributed by atoms with Gasteiger partial charge in [0, 0.05) is 6.42 Å². The van der Waals surface area contributed by atoms with Crippen LogP contribution in [0.25, 0.3) is 0 Å². The molecule has 0 radical (unpaired) electrons. The topological polar surface area (TPSA) is 26.3 Å². The second kappa shape index (κ2) is 8.69. The number of alkyl halides is 1. The number of carbonyl (C=O) groups excluding carboxylic acids is 1. The van der Waals surface area contributed by atoms with Gasteiger partial charge in [0.25, 0.3) is 0 Å². The first-order valence-electron chi connectivity index (χ1n) is 3.02. The molecule has 4 heteroatoms. The second-order valence-corrected chi connectivity index (χ2v) is 1.73. The molecular weight excluding hydrogens is 159 g/mol. The van der Waals surface area contributed by atoms with E-state index < -0.39 is 12.8 Å². The van der Waals surface area contributed by atoms with Gasteiger partial charge in [-0.15, -0.1) is 12.4 Å². The molecule has 0 fully saturated rings. The van der Waals surface area contributed by atoms with Gasteiger partial charge in [-0.25, -0.2) is 4.39 Å². The summed E-state index contributed by atoms with van der Waals surface area (Å²) in [6, 6.07) is 0. The Morgan fingerprint density at radius 3 is 2.60 bits per heavy atom. The molecule has 0 saturated heterocycles. The Morgan fingerprint density at radius 1 is 1.60 bits per heavy atom. The summed E-state index contributed by atoms with van der Waals surface area (Å²) in [5.41, 5.74) is 0. The van der Waals surface area contributed by atoms with Crippen LogP contribution in [0.15, 0.2) is 0 Å². The molecule has 0 saturated carbocycles. The molecule has 0 aromatic rings. The molecule has 0 aliphatic rings. The van der Waals surface area contributed by atoms with Crippen LogP contribution in [0.4, 0.5) is 4.39 Å². The average Bonchev–Trinajstić information content (AvgIpc) is 1.85. The number of unbranched alkanes of at least 4 members (excludes halogenated alkanes) is 1. The van der Waals surface area contributed by atoms with E-state index in [2.05, 4.69) is 4.74 Å². The molecule has 2 nitrogen and oxygen atoms in total. The molecule has 0 rings (SSSR count). The molecule has 0 bridgehead atoms. The predicted molar refractivity (Wildman–Crippen MR) is 38.8 cm³/mol. The van der Waals surface area contributed by atoms with Crippen LogP contribution in [0.3, 0.4) is 0 Å². The molecular formula is C6H12ClFO2. The molecule has 10 heavy (non-hydrogen) atoms. The molecule has 0 aliphatic carbocycles. The monoisotopic (exact) mass is 170 g/mol. The van der Waals surface area contributed by atoms with Crippen molar-refractivity contribution in [2.24, 2.45) is 0 Å². The van der Waals surface area contributed by atoms with Crippen LogP contribution in [0.2, 0.25) is 0 Å². The highest BCUT2D eigenvalue weighted by atomic mass is 35.5. The molecule has 0 N–H and O–H groups in total. The molecule has 62 valence electrons. The Bertz CT molecular complexity index is 87.8. The summed E-state index contributed by atoms with van der Waals surface area (Å²) in [5.74, 6) is -0.445. The molecule has 0 unspecified atom stereocenters. The van der Waals surface area contributed by atoms with Crippen molar-refractivity contribution in [1.82, 2.24) is 0 Å². The number of ether oxygens (including phenoxy) is 1. The molecule has 0 aliphatic heterocycles. The third-order valence-electron chi connectivity index (χ3n) is 0.950. The number of hydrogen-bond donors (Lipinski definition) is 0. The Morgan fingerprint density at radius 2 is 2.20 bits per heavy atom. The molecule has 0 atom stereocenters. The number of esters is 1. The van der Waals surface area contributed by atoms with E-state index in [0.29, 0.717) is 6.42 Å². The van der Waals surface area contributed by atoms with Crippen molar-refractivity contribution in [3.8, 4) is 0 Å². The van der Waals surface area contributed by atoms with Crippen molar-refractivity contribution in [1.29, 1.82) is 0 Å². The van der Waals surface area contributed by atoms with Gasteiger partial charge < -0.3 is 4.74 Å². The standard InChI is InChI=1S/C6H11FO2.ClH/c1-2-3-4-6(8)9-5-7;/h2-5H2,1H3;1H. The first-order chi connectivity index (χ1) is 4.31. The van der Waals surface area contributed by atoms with E-state index in [9.17, 15) is 9.18 Å². The van der Waals surface area contributed by atoms with Crippen LogP contribution in [-0.2, 0) is 9.53 Å². The predicted octanol–water partition coefficient (Wildman–Crippen LogP) is 2.07. The largest absolute Gasteiger partial charge is 0.434 e. The van der Waals surface area contributed by atoms with Gasteiger partial charge in [-0.05, 0) is 6.42 Å². The number of carbonyl (C=O) groups is 1. The van der Waals surface area contributed by atoms with E-state index in [1.807, 2.05) is 6.92 Å². The second-order valence-electron chi connectivity index (χ2n) is 1.73. The van der Waals surface area contributed by atoms with Gasteiger partial charge in [-0.3, -0.25) is 4.79 Å². The SMILES string of the molecule is CCCCC(=O)OCF.Cl. The average molecular weight is 171 g/mol. The van der Waals surface area contributed by atoms with Gasteiger partial charge in [-0.2, -0.15) is 0 Å². The molecule has 0 amide bonds. The zero-order valence-corrected chi connectivity index (χ0v) is 6.75. The Balaban J connectivity index is 0. The summed E-state index contributed by atoms with van der Waals surface area (Å²) >= 11 is 0. The van der Waals surface area contributed by atoms with E-state index in [1.165, 1.54) is 0 Å². The van der Waals surface area contributed by atoms with E-state index in [-0.39, 0.29) is 12.4 Å². The number of hydrogen-bond acceptors (Lipinski definition) is 2. The minimum absolute atomic E-state index is 0. The minimum Gasteiger partial charge on any atom is -0.434 e. The van der Waals surface area contributed by atoms with Gasteiger partial charge in [0.2, 0.25) is 6.86 Å². The lowest BCUT2D eigenvalue weighted by Gasteiger charge is -1.96. The van der Waals surface area contributed by atoms with Crippen LogP contribution >= 0.6 is 12.4 Å². The van der Waals surface area contributed by atoms with Crippen LogP contribution in [0.5, 0.6) is 0 Å². The van der Waals surface area contributed by atoms with E-state index in [4.69, 9.17) is 0 Å². The zero-order chi connectivity index (χ0) is 7.11. The molecule has 0 spiro atoms. The number of halogens is 2. The zero-order valence-electron chi connectivity index (χ0n) is 5.93. The van der Waals surface area contributed by atoms with Gasteiger partial charge in [-0.1, -0.05) is 13.3 Å². The maximum Gasteiger partial charge on any atom is 0.308 e. The Labute approximate surface area is 66.2 Å². The molecule has 0 aromatic heterocycles. The maximum absolute atomic E-state index is 11.2. The highest BCUT2D eigenvalue weighted by Gasteiger charge is 1.98. The summed E-state index contributed by atoms with van der Waals surface area (Å²) in [6.45, 7) is 0.964. The summed E-state index contributed by atoms with van der Waals surface area (Å²) in [5, 5.41) is 0. The van der Waals surface area contributed by atoms with Crippen LogP contribution in [-0.4, -0.2) is 12.8 Å². The lowest BCUT2D eigenvalue weighted by atomic mass is 10.3. The highest BCUT2D eigenvalue weighted by Crippen LogP contribution is 1.95. The third-order valence-corrected chi connectivity index (χ3v) is 0.950. The fourth-order valence-corrected chi connectivity index (χ4v) is 0.454. The van der Waals surface area contributed by atoms with Crippen molar-refractivity contribution in [2.45, 2.75) is 26.2 Å². The molecule has 0 aromatic carbocycles. The van der Waals surface area contributed by atoms with Gasteiger partial charge in [0.05, 0.1) is 0 Å². The van der Waals surface area contributed by atoms with Crippen molar-refractivity contribution >= 4 is 18.4 Å². The van der Waals surface area contributed by atoms with Gasteiger partial charge in [0.15, 0.2) is 0 Å². The fraction of sp³-hybridized carbons (Fsp3) is 0.833. The lowest BCUT2D eigenvalue weighted by Crippen LogP contribution is -2.01. The van der Waals surface area contributed by atoms with E-state index >= 15 is 0 Å². The van der Waals surface area contributed by atoms with Crippen molar-refractivity contribution < 1.29 is 13.9 Å². The normalized spacial score (nSPS) is 8.20. The quantitative estimate of drug-likeness (QED) is 0.604. The first kappa shape index (κ1) is 12.4. The van der Waals surface area contributed by atoms with Crippen molar-refractivity contribution in [2.75, 3.05) is 6.86 Å². The number of rotatable bonds is 4. The summed E-state index contributed by atoms with van der Waals surface area (Å²) in [6.07, 6.45) is 2.04. The summed E-state index contributed by atoms with van der Waals surface area (Å²) < 4.78 is 15.3. The van der Waals surface area contributed by atoms with Crippen molar-refractivity contribution in [3.05, 3.63) is 0 Å². The van der Waals surface area contributed by atoms with Crippen LogP contribution in [0.1, 0.15) is 26.2 Å². The lowest BCUT2D eigenvalue weighted by molar-refractivity contribution is -0.147. The Hall–Kier alpha value is -0.310. The summed E-state index contributed by atoms with van der Waals surface area (Å²) in [7, 11) is 0.